The molecule has 1 heterocycles. The van der Waals surface area contributed by atoms with Gasteiger partial charge in [0.25, 0.3) is 0 Å². The summed E-state index contributed by atoms with van der Waals surface area (Å²) in [5.41, 5.74) is 0.839. The third-order valence-electron chi connectivity index (χ3n) is 2.93. The molecule has 6 heteroatoms. The number of carboxylic acids is 1. The molecule has 0 spiro atoms. The molecule has 0 aromatic carbocycles. The number of aromatic nitrogens is 1. The monoisotopic (exact) mass is 293 g/mol. The lowest BCUT2D eigenvalue weighted by Gasteiger charge is -2.16. The zero-order chi connectivity index (χ0) is 16.0. The number of aryl methyl sites for hydroxylation is 1. The number of hydrogen-bond donors (Lipinski definition) is 3. The summed E-state index contributed by atoms with van der Waals surface area (Å²) < 4.78 is 0. The molecular formula is C15H23N3O3. The van der Waals surface area contributed by atoms with E-state index in [4.69, 9.17) is 5.11 Å². The molecule has 0 saturated heterocycles. The average Bonchev–Trinajstić information content (AvgIpc) is 2.43. The number of nitrogens with one attached hydrogen (secondary N) is 2. The number of carbonyl (C=O) groups excluding carboxylic acids is 1. The molecule has 1 unspecified atom stereocenters. The molecule has 1 atom stereocenters. The molecule has 0 aliphatic carbocycles. The SMILES string of the molecule is CCc1cc(C(=O)O)cc(NC(C)C(=O)NCC(C)C)n1. The van der Waals surface area contributed by atoms with Crippen molar-refractivity contribution in [1.29, 1.82) is 0 Å². The molecule has 0 fully saturated rings. The van der Waals surface area contributed by atoms with E-state index in [1.54, 1.807) is 6.92 Å². The van der Waals surface area contributed by atoms with Gasteiger partial charge in [0.05, 0.1) is 5.56 Å². The van der Waals surface area contributed by atoms with Gasteiger partial charge in [0.15, 0.2) is 0 Å². The van der Waals surface area contributed by atoms with Gasteiger partial charge in [0, 0.05) is 12.2 Å². The standard InChI is InChI=1S/C15H23N3O3/c1-5-12-6-11(15(20)21)7-13(18-12)17-10(4)14(19)16-8-9(2)3/h6-7,9-10H,5,8H2,1-4H3,(H,16,19)(H,17,18)(H,20,21). The summed E-state index contributed by atoms with van der Waals surface area (Å²) in [6, 6.07) is 2.50. The van der Waals surface area contributed by atoms with E-state index in [2.05, 4.69) is 15.6 Å². The Morgan fingerprint density at radius 1 is 1.29 bits per heavy atom. The lowest BCUT2D eigenvalue weighted by atomic mass is 10.2. The van der Waals surface area contributed by atoms with E-state index < -0.39 is 12.0 Å². The van der Waals surface area contributed by atoms with Gasteiger partial charge < -0.3 is 15.7 Å². The van der Waals surface area contributed by atoms with Crippen LogP contribution in [0.4, 0.5) is 5.82 Å². The van der Waals surface area contributed by atoms with Crippen LogP contribution in [0.15, 0.2) is 12.1 Å². The van der Waals surface area contributed by atoms with Gasteiger partial charge in [0.1, 0.15) is 11.9 Å². The summed E-state index contributed by atoms with van der Waals surface area (Å²) in [7, 11) is 0. The first-order valence-electron chi connectivity index (χ1n) is 7.12. The van der Waals surface area contributed by atoms with Crippen molar-refractivity contribution in [2.24, 2.45) is 5.92 Å². The largest absolute Gasteiger partial charge is 0.478 e. The molecule has 3 N–H and O–H groups in total. The smallest absolute Gasteiger partial charge is 0.335 e. The highest BCUT2D eigenvalue weighted by Gasteiger charge is 2.15. The van der Waals surface area contributed by atoms with Crippen LogP contribution in [0.2, 0.25) is 0 Å². The van der Waals surface area contributed by atoms with Crippen LogP contribution in [0.3, 0.4) is 0 Å². The van der Waals surface area contributed by atoms with Gasteiger partial charge in [-0.1, -0.05) is 20.8 Å². The Balaban J connectivity index is 2.79. The molecule has 1 amide bonds. The molecule has 0 saturated carbocycles. The minimum atomic E-state index is -1.01. The van der Waals surface area contributed by atoms with Crippen LogP contribution in [0, 0.1) is 5.92 Å². The van der Waals surface area contributed by atoms with Crippen molar-refractivity contribution < 1.29 is 14.7 Å². The number of pyridine rings is 1. The normalized spacial score (nSPS) is 12.0. The molecular weight excluding hydrogens is 270 g/mol. The van der Waals surface area contributed by atoms with Crippen LogP contribution in [-0.2, 0) is 11.2 Å². The van der Waals surface area contributed by atoms with Crippen LogP contribution >= 0.6 is 0 Å². The molecule has 116 valence electrons. The van der Waals surface area contributed by atoms with E-state index in [9.17, 15) is 9.59 Å². The van der Waals surface area contributed by atoms with Crippen molar-refractivity contribution in [2.45, 2.75) is 40.2 Å². The van der Waals surface area contributed by atoms with Crippen LogP contribution in [-0.4, -0.2) is 34.6 Å². The molecule has 0 aliphatic heterocycles. The minimum absolute atomic E-state index is 0.135. The maximum atomic E-state index is 11.9. The zero-order valence-corrected chi connectivity index (χ0v) is 12.9. The lowest BCUT2D eigenvalue weighted by Crippen LogP contribution is -2.39. The van der Waals surface area contributed by atoms with Crippen molar-refractivity contribution in [3.63, 3.8) is 0 Å². The number of hydrogen-bond acceptors (Lipinski definition) is 4. The molecule has 1 aromatic rings. The quantitative estimate of drug-likeness (QED) is 0.714. The van der Waals surface area contributed by atoms with Gasteiger partial charge in [-0.3, -0.25) is 4.79 Å². The van der Waals surface area contributed by atoms with Crippen molar-refractivity contribution >= 4 is 17.7 Å². The molecule has 1 rings (SSSR count). The first kappa shape index (κ1) is 16.9. The van der Waals surface area contributed by atoms with E-state index in [1.165, 1.54) is 12.1 Å². The Kier molecular flexibility index (Phi) is 6.14. The lowest BCUT2D eigenvalue weighted by molar-refractivity contribution is -0.121. The zero-order valence-electron chi connectivity index (χ0n) is 12.9. The van der Waals surface area contributed by atoms with Crippen molar-refractivity contribution in [3.8, 4) is 0 Å². The third kappa shape index (κ3) is 5.41. The summed E-state index contributed by atoms with van der Waals surface area (Å²) in [4.78, 5) is 27.3. The van der Waals surface area contributed by atoms with Gasteiger partial charge >= 0.3 is 5.97 Å². The second-order valence-electron chi connectivity index (χ2n) is 5.40. The number of rotatable bonds is 7. The Labute approximate surface area is 125 Å². The predicted octanol–water partition coefficient (Wildman–Crippen LogP) is 1.91. The summed E-state index contributed by atoms with van der Waals surface area (Å²) in [5.74, 6) is -0.364. The molecule has 0 aliphatic rings. The molecule has 0 bridgehead atoms. The Bertz CT molecular complexity index is 515. The van der Waals surface area contributed by atoms with Crippen molar-refractivity contribution in [1.82, 2.24) is 10.3 Å². The fourth-order valence-corrected chi connectivity index (χ4v) is 1.71. The Morgan fingerprint density at radius 3 is 2.48 bits per heavy atom. The summed E-state index contributed by atoms with van der Waals surface area (Å²) in [6.45, 7) is 8.26. The van der Waals surface area contributed by atoms with E-state index in [0.717, 1.165) is 0 Å². The molecule has 1 aromatic heterocycles. The highest BCUT2D eigenvalue weighted by atomic mass is 16.4. The number of aromatic carboxylic acids is 1. The third-order valence-corrected chi connectivity index (χ3v) is 2.93. The second kappa shape index (κ2) is 7.61. The average molecular weight is 293 g/mol. The minimum Gasteiger partial charge on any atom is -0.478 e. The number of amides is 1. The van der Waals surface area contributed by atoms with Crippen LogP contribution < -0.4 is 10.6 Å². The summed E-state index contributed by atoms with van der Waals surface area (Å²) in [5, 5.41) is 14.9. The topological polar surface area (TPSA) is 91.3 Å². The van der Waals surface area contributed by atoms with Crippen LogP contribution in [0.25, 0.3) is 0 Å². The fraction of sp³-hybridized carbons (Fsp3) is 0.533. The van der Waals surface area contributed by atoms with Gasteiger partial charge in [-0.2, -0.15) is 0 Å². The van der Waals surface area contributed by atoms with E-state index >= 15 is 0 Å². The number of anilines is 1. The van der Waals surface area contributed by atoms with Crippen LogP contribution in [0.5, 0.6) is 0 Å². The molecule has 0 radical (unpaired) electrons. The fourth-order valence-electron chi connectivity index (χ4n) is 1.71. The summed E-state index contributed by atoms with van der Waals surface area (Å²) in [6.07, 6.45) is 0.629. The second-order valence-corrected chi connectivity index (χ2v) is 5.40. The first-order valence-corrected chi connectivity index (χ1v) is 7.12. The number of carbonyl (C=O) groups is 2. The first-order chi connectivity index (χ1) is 9.83. The summed E-state index contributed by atoms with van der Waals surface area (Å²) >= 11 is 0. The van der Waals surface area contributed by atoms with Crippen molar-refractivity contribution in [2.75, 3.05) is 11.9 Å². The maximum Gasteiger partial charge on any atom is 0.335 e. The number of carboxylic acid groups (broad SMARTS) is 1. The predicted molar refractivity (Wildman–Crippen MR) is 81.5 cm³/mol. The van der Waals surface area contributed by atoms with Gasteiger partial charge in [-0.05, 0) is 31.4 Å². The highest BCUT2D eigenvalue weighted by molar-refractivity contribution is 5.89. The van der Waals surface area contributed by atoms with E-state index in [0.29, 0.717) is 30.4 Å². The van der Waals surface area contributed by atoms with Gasteiger partial charge in [0.2, 0.25) is 5.91 Å². The number of nitrogens with zero attached hydrogens (tertiary/aromatic N) is 1. The molecule has 21 heavy (non-hydrogen) atoms. The van der Waals surface area contributed by atoms with Gasteiger partial charge in [-0.15, -0.1) is 0 Å². The Morgan fingerprint density at radius 2 is 1.95 bits per heavy atom. The van der Waals surface area contributed by atoms with Crippen molar-refractivity contribution in [3.05, 3.63) is 23.4 Å². The maximum absolute atomic E-state index is 11.9. The van der Waals surface area contributed by atoms with Crippen LogP contribution in [0.1, 0.15) is 43.7 Å². The van der Waals surface area contributed by atoms with E-state index in [1.807, 2.05) is 20.8 Å². The van der Waals surface area contributed by atoms with Gasteiger partial charge in [-0.25, -0.2) is 9.78 Å². The van der Waals surface area contributed by atoms with E-state index in [-0.39, 0.29) is 11.5 Å². The highest BCUT2D eigenvalue weighted by Crippen LogP contribution is 2.12. The molecule has 6 nitrogen and oxygen atoms in total. The Hall–Kier alpha value is -2.11.